The summed E-state index contributed by atoms with van der Waals surface area (Å²) in [6, 6.07) is 3.84. The van der Waals surface area contributed by atoms with E-state index >= 15 is 0 Å². The summed E-state index contributed by atoms with van der Waals surface area (Å²) in [5, 5.41) is 0. The minimum Gasteiger partial charge on any atom is -0.392 e. The molecule has 2 rings (SSSR count). The van der Waals surface area contributed by atoms with Gasteiger partial charge in [0.25, 0.3) is 5.91 Å². The van der Waals surface area contributed by atoms with Crippen LogP contribution in [-0.4, -0.2) is 28.4 Å². The van der Waals surface area contributed by atoms with E-state index in [9.17, 15) is 9.18 Å². The fraction of sp³-hybridized carbons (Fsp3) is 0.385. The van der Waals surface area contributed by atoms with Gasteiger partial charge < -0.3 is 10.6 Å². The summed E-state index contributed by atoms with van der Waals surface area (Å²) in [6.07, 6.45) is 2.68. The molecule has 1 fully saturated rings. The summed E-state index contributed by atoms with van der Waals surface area (Å²) in [5.74, 6) is -0.667. The van der Waals surface area contributed by atoms with Gasteiger partial charge in [0.15, 0.2) is 0 Å². The third-order valence-electron chi connectivity index (χ3n) is 3.25. The molecular formula is C13H14BrFN2OS. The number of piperidine rings is 1. The molecule has 0 saturated carbocycles. The molecular weight excluding hydrogens is 331 g/mol. The lowest BCUT2D eigenvalue weighted by Gasteiger charge is -2.35. The zero-order valence-electron chi connectivity index (χ0n) is 10.2. The smallest absolute Gasteiger partial charge is 0.255 e. The number of thiocarbonyl (C=S) groups is 1. The van der Waals surface area contributed by atoms with Crippen LogP contribution in [0, 0.1) is 5.82 Å². The van der Waals surface area contributed by atoms with Gasteiger partial charge in [-0.05, 0) is 53.4 Å². The van der Waals surface area contributed by atoms with Gasteiger partial charge >= 0.3 is 0 Å². The molecule has 0 spiro atoms. The molecule has 102 valence electrons. The van der Waals surface area contributed by atoms with Crippen molar-refractivity contribution in [2.45, 2.75) is 25.3 Å². The van der Waals surface area contributed by atoms with Gasteiger partial charge in [0.1, 0.15) is 5.82 Å². The Morgan fingerprint density at radius 1 is 1.47 bits per heavy atom. The highest BCUT2D eigenvalue weighted by Crippen LogP contribution is 2.24. The summed E-state index contributed by atoms with van der Waals surface area (Å²) in [7, 11) is 0. The van der Waals surface area contributed by atoms with Crippen molar-refractivity contribution in [1.29, 1.82) is 0 Å². The van der Waals surface area contributed by atoms with Crippen LogP contribution in [0.3, 0.4) is 0 Å². The van der Waals surface area contributed by atoms with Crippen LogP contribution in [0.2, 0.25) is 0 Å². The van der Waals surface area contributed by atoms with Gasteiger partial charge in [-0.15, -0.1) is 0 Å². The second-order valence-electron chi connectivity index (χ2n) is 4.54. The molecule has 6 heteroatoms. The average molecular weight is 345 g/mol. The maximum Gasteiger partial charge on any atom is 0.255 e. The molecule has 0 aliphatic carbocycles. The fourth-order valence-electron chi connectivity index (χ4n) is 2.29. The Kier molecular flexibility index (Phi) is 4.52. The molecule has 1 aliphatic rings. The van der Waals surface area contributed by atoms with Crippen molar-refractivity contribution >= 4 is 39.0 Å². The van der Waals surface area contributed by atoms with Crippen molar-refractivity contribution in [3.63, 3.8) is 0 Å². The highest BCUT2D eigenvalue weighted by Gasteiger charge is 2.30. The lowest BCUT2D eigenvalue weighted by molar-refractivity contribution is 0.0680. The van der Waals surface area contributed by atoms with E-state index in [2.05, 4.69) is 15.9 Å². The van der Waals surface area contributed by atoms with Crippen LogP contribution in [0.25, 0.3) is 0 Å². The number of rotatable bonds is 2. The van der Waals surface area contributed by atoms with E-state index in [4.69, 9.17) is 18.0 Å². The summed E-state index contributed by atoms with van der Waals surface area (Å²) in [4.78, 5) is 14.5. The van der Waals surface area contributed by atoms with E-state index in [-0.39, 0.29) is 11.9 Å². The molecule has 1 amide bonds. The molecule has 1 saturated heterocycles. The first-order chi connectivity index (χ1) is 9.00. The molecule has 1 aliphatic heterocycles. The predicted octanol–water partition coefficient (Wildman–Crippen LogP) is 2.87. The number of carbonyl (C=O) groups excluding carboxylic acids is 1. The molecule has 1 atom stereocenters. The minimum atomic E-state index is -0.435. The molecule has 1 aromatic carbocycles. The molecule has 1 aromatic rings. The topological polar surface area (TPSA) is 46.3 Å². The van der Waals surface area contributed by atoms with E-state index in [1.54, 1.807) is 4.90 Å². The first kappa shape index (κ1) is 14.4. The lowest BCUT2D eigenvalue weighted by Crippen LogP contribution is -2.49. The van der Waals surface area contributed by atoms with E-state index in [1.165, 1.54) is 18.2 Å². The number of benzene rings is 1. The Bertz CT molecular complexity index is 523. The van der Waals surface area contributed by atoms with E-state index in [0.29, 0.717) is 21.6 Å². The quantitative estimate of drug-likeness (QED) is 0.839. The van der Waals surface area contributed by atoms with Gasteiger partial charge in [-0.25, -0.2) is 4.39 Å². The number of hydrogen-bond acceptors (Lipinski definition) is 2. The number of amides is 1. The number of nitrogens with two attached hydrogens (primary N) is 1. The van der Waals surface area contributed by atoms with Crippen LogP contribution in [-0.2, 0) is 0 Å². The Hall–Kier alpha value is -1.01. The molecule has 0 bridgehead atoms. The van der Waals surface area contributed by atoms with Crippen molar-refractivity contribution in [1.82, 2.24) is 4.90 Å². The molecule has 1 heterocycles. The molecule has 0 aromatic heterocycles. The Labute approximate surface area is 125 Å². The summed E-state index contributed by atoms with van der Waals surface area (Å²) >= 11 is 8.29. The maximum atomic E-state index is 13.3. The minimum absolute atomic E-state index is 0.230. The van der Waals surface area contributed by atoms with Gasteiger partial charge in [-0.2, -0.15) is 0 Å². The Morgan fingerprint density at radius 3 is 2.89 bits per heavy atom. The largest absolute Gasteiger partial charge is 0.392 e. The van der Waals surface area contributed by atoms with Crippen LogP contribution in [0.15, 0.2) is 22.7 Å². The first-order valence-electron chi connectivity index (χ1n) is 6.06. The second-order valence-corrected chi connectivity index (χ2v) is 5.86. The Morgan fingerprint density at radius 2 is 2.21 bits per heavy atom. The molecule has 3 nitrogen and oxygen atoms in total. The highest BCUT2D eigenvalue weighted by atomic mass is 79.9. The normalized spacial score (nSPS) is 19.3. The maximum absolute atomic E-state index is 13.3. The third kappa shape index (κ3) is 3.12. The first-order valence-corrected chi connectivity index (χ1v) is 7.26. The third-order valence-corrected chi connectivity index (χ3v) is 4.21. The number of hydrogen-bond donors (Lipinski definition) is 1. The van der Waals surface area contributed by atoms with Crippen molar-refractivity contribution in [2.75, 3.05) is 6.54 Å². The second kappa shape index (κ2) is 5.96. The molecule has 0 radical (unpaired) electrons. The van der Waals surface area contributed by atoms with Gasteiger partial charge in [0.05, 0.1) is 16.6 Å². The van der Waals surface area contributed by atoms with Crippen LogP contribution in [0.4, 0.5) is 4.39 Å². The van der Waals surface area contributed by atoms with Crippen molar-refractivity contribution in [2.24, 2.45) is 5.73 Å². The van der Waals surface area contributed by atoms with Gasteiger partial charge in [0.2, 0.25) is 0 Å². The summed E-state index contributed by atoms with van der Waals surface area (Å²) in [6.45, 7) is 0.601. The fourth-order valence-corrected chi connectivity index (χ4v) is 2.95. The number of nitrogens with zero attached hydrogens (tertiary/aromatic N) is 1. The SMILES string of the molecule is NC(=S)C1CCCCN1C(=O)c1cc(F)ccc1Br. The zero-order valence-corrected chi connectivity index (χ0v) is 12.6. The molecule has 19 heavy (non-hydrogen) atoms. The van der Waals surface area contributed by atoms with Gasteiger partial charge in [-0.1, -0.05) is 12.2 Å². The average Bonchev–Trinajstić information content (AvgIpc) is 2.40. The molecule has 1 unspecified atom stereocenters. The van der Waals surface area contributed by atoms with E-state index < -0.39 is 5.82 Å². The van der Waals surface area contributed by atoms with Crippen LogP contribution in [0.5, 0.6) is 0 Å². The standard InChI is InChI=1S/C13H14BrFN2OS/c14-10-5-4-8(15)7-9(10)13(18)17-6-2-1-3-11(17)12(16)19/h4-5,7,11H,1-3,6H2,(H2,16,19). The monoisotopic (exact) mass is 344 g/mol. The van der Waals surface area contributed by atoms with Crippen molar-refractivity contribution in [3.05, 3.63) is 34.1 Å². The number of carbonyl (C=O) groups is 1. The highest BCUT2D eigenvalue weighted by molar-refractivity contribution is 9.10. The van der Waals surface area contributed by atoms with Gasteiger partial charge in [-0.3, -0.25) is 4.79 Å². The van der Waals surface area contributed by atoms with Crippen LogP contribution < -0.4 is 5.73 Å². The van der Waals surface area contributed by atoms with E-state index in [0.717, 1.165) is 19.3 Å². The van der Waals surface area contributed by atoms with Crippen LogP contribution in [0.1, 0.15) is 29.6 Å². The zero-order chi connectivity index (χ0) is 14.0. The Balaban J connectivity index is 2.31. The summed E-state index contributed by atoms with van der Waals surface area (Å²) < 4.78 is 13.9. The van der Waals surface area contributed by atoms with E-state index in [1.807, 2.05) is 0 Å². The van der Waals surface area contributed by atoms with Crippen LogP contribution >= 0.6 is 28.1 Å². The number of likely N-dealkylation sites (tertiary alicyclic amines) is 1. The van der Waals surface area contributed by atoms with Crippen molar-refractivity contribution in [3.8, 4) is 0 Å². The summed E-state index contributed by atoms with van der Waals surface area (Å²) in [5.41, 5.74) is 6.00. The van der Waals surface area contributed by atoms with Gasteiger partial charge in [0, 0.05) is 11.0 Å². The van der Waals surface area contributed by atoms with Crippen molar-refractivity contribution < 1.29 is 9.18 Å². The predicted molar refractivity (Wildman–Crippen MR) is 79.6 cm³/mol. The lowest BCUT2D eigenvalue weighted by atomic mass is 10.0. The number of halogens is 2. The molecule has 2 N–H and O–H groups in total.